The summed E-state index contributed by atoms with van der Waals surface area (Å²) in [5.41, 5.74) is 11.1. The highest BCUT2D eigenvalue weighted by Gasteiger charge is 2.23. The van der Waals surface area contributed by atoms with Crippen LogP contribution in [0.4, 0.5) is 5.69 Å². The minimum absolute atomic E-state index is 0.0354. The van der Waals surface area contributed by atoms with Gasteiger partial charge in [0.05, 0.1) is 17.3 Å². The molecule has 35 heavy (non-hydrogen) atoms. The lowest BCUT2D eigenvalue weighted by Crippen LogP contribution is -2.29. The fourth-order valence-electron chi connectivity index (χ4n) is 4.39. The van der Waals surface area contributed by atoms with Gasteiger partial charge in [-0.2, -0.15) is 0 Å². The van der Waals surface area contributed by atoms with Crippen molar-refractivity contribution in [2.24, 2.45) is 11.7 Å². The van der Waals surface area contributed by atoms with Crippen LogP contribution in [-0.2, 0) is 14.8 Å². The van der Waals surface area contributed by atoms with E-state index in [1.54, 1.807) is 12.3 Å². The van der Waals surface area contributed by atoms with Crippen molar-refractivity contribution in [2.45, 2.75) is 33.1 Å². The number of anilines is 1. The predicted molar refractivity (Wildman–Crippen MR) is 139 cm³/mol. The van der Waals surface area contributed by atoms with Crippen LogP contribution in [0.2, 0.25) is 0 Å². The third-order valence-electron chi connectivity index (χ3n) is 6.46. The lowest BCUT2D eigenvalue weighted by atomic mass is 9.93. The predicted octanol–water partition coefficient (Wildman–Crippen LogP) is 4.10. The quantitative estimate of drug-likeness (QED) is 0.477. The zero-order valence-corrected chi connectivity index (χ0v) is 21.1. The molecule has 0 fully saturated rings. The van der Waals surface area contributed by atoms with Gasteiger partial charge >= 0.3 is 0 Å². The van der Waals surface area contributed by atoms with E-state index in [-0.39, 0.29) is 17.7 Å². The Balaban J connectivity index is 1.81. The number of rotatable bonds is 6. The largest absolute Gasteiger partial charge is 0.366 e. The summed E-state index contributed by atoms with van der Waals surface area (Å²) in [6.07, 6.45) is 5.24. The number of hydrogen-bond donors (Lipinski definition) is 3. The van der Waals surface area contributed by atoms with Gasteiger partial charge in [0.15, 0.2) is 0 Å². The van der Waals surface area contributed by atoms with Gasteiger partial charge in [0.1, 0.15) is 0 Å². The molecule has 184 valence electrons. The zero-order valence-electron chi connectivity index (χ0n) is 20.3. The molecule has 1 aliphatic rings. The van der Waals surface area contributed by atoms with Crippen molar-refractivity contribution in [3.63, 3.8) is 0 Å². The van der Waals surface area contributed by atoms with E-state index < -0.39 is 15.9 Å². The lowest BCUT2D eigenvalue weighted by molar-refractivity contribution is -0.118. The van der Waals surface area contributed by atoms with E-state index in [1.807, 2.05) is 57.2 Å². The van der Waals surface area contributed by atoms with E-state index in [1.165, 1.54) is 10.6 Å². The van der Waals surface area contributed by atoms with Gasteiger partial charge < -0.3 is 16.0 Å². The molecule has 0 bridgehead atoms. The number of aromatic nitrogens is 1. The van der Waals surface area contributed by atoms with E-state index in [9.17, 15) is 18.0 Å². The standard InChI is InChI=1S/C26H30N4O4S/c1-15(2)26(32)29-22-7-5-6-18(16(22)3)19-8-9-20(25(27)31)24-21(19)14-23(28-24)17-10-12-30(13-11-17)35(4,33)34/h5-10,12,14-15,17,28H,11,13H2,1-4H3,(H2,27,31)(H,29,32). The number of nitrogens with one attached hydrogen (secondary N) is 2. The van der Waals surface area contributed by atoms with Crippen molar-refractivity contribution in [1.29, 1.82) is 0 Å². The number of sulfonamides is 1. The summed E-state index contributed by atoms with van der Waals surface area (Å²) in [5.74, 6) is -0.775. The van der Waals surface area contributed by atoms with Crippen LogP contribution in [0.3, 0.4) is 0 Å². The number of fused-ring (bicyclic) bond motifs is 1. The maximum Gasteiger partial charge on any atom is 0.250 e. The first-order valence-corrected chi connectivity index (χ1v) is 13.3. The van der Waals surface area contributed by atoms with Crippen molar-refractivity contribution in [1.82, 2.24) is 9.29 Å². The van der Waals surface area contributed by atoms with Gasteiger partial charge in [-0.25, -0.2) is 8.42 Å². The second-order valence-corrected chi connectivity index (χ2v) is 11.2. The number of primary amides is 1. The number of amides is 2. The topological polar surface area (TPSA) is 125 Å². The SMILES string of the molecule is Cc1c(NC(=O)C(C)C)cccc1-c1ccc(C(N)=O)c2[nH]c(C3C=CN(S(C)(=O)=O)CC3)cc12. The summed E-state index contributed by atoms with van der Waals surface area (Å²) < 4.78 is 25.0. The van der Waals surface area contributed by atoms with Crippen molar-refractivity contribution in [3.8, 4) is 11.1 Å². The van der Waals surface area contributed by atoms with Gasteiger partial charge in [0, 0.05) is 41.3 Å². The third kappa shape index (κ3) is 4.81. The molecule has 0 saturated heterocycles. The van der Waals surface area contributed by atoms with Crippen LogP contribution in [0.1, 0.15) is 47.8 Å². The Morgan fingerprint density at radius 3 is 2.51 bits per heavy atom. The van der Waals surface area contributed by atoms with Gasteiger partial charge in [0.2, 0.25) is 15.9 Å². The molecule has 8 nitrogen and oxygen atoms in total. The molecular formula is C26H30N4O4S. The molecular weight excluding hydrogens is 464 g/mol. The van der Waals surface area contributed by atoms with Crippen LogP contribution >= 0.6 is 0 Å². The number of H-pyrrole nitrogens is 1. The van der Waals surface area contributed by atoms with E-state index in [2.05, 4.69) is 10.3 Å². The van der Waals surface area contributed by atoms with E-state index in [0.717, 1.165) is 33.5 Å². The van der Waals surface area contributed by atoms with Gasteiger partial charge in [0.25, 0.3) is 5.91 Å². The number of nitrogens with two attached hydrogens (primary N) is 1. The van der Waals surface area contributed by atoms with Gasteiger partial charge in [-0.15, -0.1) is 0 Å². The highest BCUT2D eigenvalue weighted by atomic mass is 32.2. The van der Waals surface area contributed by atoms with Crippen molar-refractivity contribution in [2.75, 3.05) is 18.1 Å². The van der Waals surface area contributed by atoms with Crippen LogP contribution in [0, 0.1) is 12.8 Å². The highest BCUT2D eigenvalue weighted by Crippen LogP contribution is 2.38. The molecule has 0 spiro atoms. The van der Waals surface area contributed by atoms with Crippen LogP contribution in [0.15, 0.2) is 48.7 Å². The van der Waals surface area contributed by atoms with Gasteiger partial charge in [-0.3, -0.25) is 13.9 Å². The van der Waals surface area contributed by atoms with Crippen molar-refractivity contribution < 1.29 is 18.0 Å². The normalized spacial score (nSPS) is 16.1. The molecule has 3 aromatic rings. The van der Waals surface area contributed by atoms with Crippen LogP contribution in [0.5, 0.6) is 0 Å². The average Bonchev–Trinajstić information content (AvgIpc) is 3.24. The Hall–Kier alpha value is -3.59. The van der Waals surface area contributed by atoms with Crippen LogP contribution < -0.4 is 11.1 Å². The number of carbonyl (C=O) groups excluding carboxylic acids is 2. The number of carbonyl (C=O) groups is 2. The maximum atomic E-state index is 12.3. The molecule has 4 N–H and O–H groups in total. The summed E-state index contributed by atoms with van der Waals surface area (Å²) in [7, 11) is -3.29. The fourth-order valence-corrected chi connectivity index (χ4v) is 5.12. The molecule has 9 heteroatoms. The minimum atomic E-state index is -3.29. The average molecular weight is 495 g/mol. The van der Waals surface area contributed by atoms with Crippen molar-refractivity contribution in [3.05, 3.63) is 65.5 Å². The molecule has 4 rings (SSSR count). The molecule has 2 amide bonds. The Kier molecular flexibility index (Phi) is 6.46. The van der Waals surface area contributed by atoms with E-state index >= 15 is 0 Å². The molecule has 1 atom stereocenters. The smallest absolute Gasteiger partial charge is 0.250 e. The maximum absolute atomic E-state index is 12.3. The molecule has 1 aromatic heterocycles. The zero-order chi connectivity index (χ0) is 25.5. The highest BCUT2D eigenvalue weighted by molar-refractivity contribution is 7.88. The summed E-state index contributed by atoms with van der Waals surface area (Å²) in [5, 5.41) is 3.83. The molecule has 2 heterocycles. The van der Waals surface area contributed by atoms with Crippen LogP contribution in [-0.4, -0.2) is 42.3 Å². The summed E-state index contributed by atoms with van der Waals surface area (Å²) in [6, 6.07) is 11.3. The molecule has 0 saturated carbocycles. The Morgan fingerprint density at radius 1 is 1.17 bits per heavy atom. The Bertz CT molecular complexity index is 1450. The number of aromatic amines is 1. The van der Waals surface area contributed by atoms with E-state index in [4.69, 9.17) is 5.73 Å². The second kappa shape index (κ2) is 9.22. The summed E-state index contributed by atoms with van der Waals surface area (Å²) in [6.45, 7) is 6.02. The van der Waals surface area contributed by atoms with E-state index in [0.29, 0.717) is 24.0 Å². The first-order valence-electron chi connectivity index (χ1n) is 11.5. The molecule has 1 unspecified atom stereocenters. The molecule has 2 aromatic carbocycles. The Labute approximate surface area is 205 Å². The Morgan fingerprint density at radius 2 is 1.91 bits per heavy atom. The number of benzene rings is 2. The number of nitrogens with zero attached hydrogens (tertiary/aromatic N) is 1. The van der Waals surface area contributed by atoms with Crippen LogP contribution in [0.25, 0.3) is 22.0 Å². The van der Waals surface area contributed by atoms with Gasteiger partial charge in [-0.05, 0) is 48.2 Å². The number of hydrogen-bond acceptors (Lipinski definition) is 4. The van der Waals surface area contributed by atoms with Gasteiger partial charge in [-0.1, -0.05) is 38.1 Å². The molecule has 0 aliphatic carbocycles. The van der Waals surface area contributed by atoms with Crippen molar-refractivity contribution >= 4 is 38.4 Å². The third-order valence-corrected chi connectivity index (χ3v) is 7.61. The first-order chi connectivity index (χ1) is 16.5. The monoisotopic (exact) mass is 494 g/mol. The summed E-state index contributed by atoms with van der Waals surface area (Å²) >= 11 is 0. The summed E-state index contributed by atoms with van der Waals surface area (Å²) in [4.78, 5) is 27.8. The first kappa shape index (κ1) is 24.5. The number of allylic oxidation sites excluding steroid dienone is 1. The lowest BCUT2D eigenvalue weighted by Gasteiger charge is -2.25. The second-order valence-electron chi connectivity index (χ2n) is 9.27. The minimum Gasteiger partial charge on any atom is -0.366 e. The fraction of sp³-hybridized carbons (Fsp3) is 0.308. The molecule has 0 radical (unpaired) electrons. The molecule has 1 aliphatic heterocycles.